The molecule has 1 amide bonds. The summed E-state index contributed by atoms with van der Waals surface area (Å²) in [6.45, 7) is 6.90. The molecule has 0 bridgehead atoms. The highest BCUT2D eigenvalue weighted by Gasteiger charge is 2.17. The van der Waals surface area contributed by atoms with E-state index in [0.717, 1.165) is 6.16 Å². The van der Waals surface area contributed by atoms with Gasteiger partial charge in [-0.3, -0.25) is 10.2 Å². The third-order valence-corrected chi connectivity index (χ3v) is 3.32. The minimum Gasteiger partial charge on any atom is -0.290 e. The summed E-state index contributed by atoms with van der Waals surface area (Å²) >= 11 is 0. The lowest BCUT2D eigenvalue weighted by Gasteiger charge is -2.11. The van der Waals surface area contributed by atoms with Crippen molar-refractivity contribution in [2.24, 2.45) is 5.84 Å². The molecule has 0 heterocycles. The Balaban J connectivity index is 2.77. The number of carbonyl (C=O) groups excluding carboxylic acids is 1. The Morgan fingerprint density at radius 3 is 2.20 bits per heavy atom. The number of hydrazine groups is 1. The molecular formula is C11H18N2OP+. The highest BCUT2D eigenvalue weighted by atomic mass is 31.2. The van der Waals surface area contributed by atoms with Gasteiger partial charge in [0.15, 0.2) is 0 Å². The van der Waals surface area contributed by atoms with Crippen LogP contribution in [0.5, 0.6) is 0 Å². The first-order valence-corrected chi connectivity index (χ1v) is 8.14. The molecule has 1 aromatic rings. The van der Waals surface area contributed by atoms with Crippen molar-refractivity contribution < 1.29 is 4.79 Å². The van der Waals surface area contributed by atoms with Gasteiger partial charge in [-0.15, -0.1) is 0 Å². The molecule has 0 saturated heterocycles. The Morgan fingerprint density at radius 1 is 1.27 bits per heavy atom. The van der Waals surface area contributed by atoms with E-state index in [1.54, 1.807) is 0 Å². The number of nitrogens with one attached hydrogen (secondary N) is 1. The van der Waals surface area contributed by atoms with E-state index in [4.69, 9.17) is 5.84 Å². The molecule has 0 radical (unpaired) electrons. The smallest absolute Gasteiger partial charge is 0.265 e. The molecule has 3 nitrogen and oxygen atoms in total. The van der Waals surface area contributed by atoms with Gasteiger partial charge in [0.25, 0.3) is 5.91 Å². The van der Waals surface area contributed by atoms with Crippen LogP contribution in [-0.4, -0.2) is 25.9 Å². The first kappa shape index (κ1) is 12.2. The molecule has 0 saturated carbocycles. The third-order valence-electron chi connectivity index (χ3n) is 2.00. The summed E-state index contributed by atoms with van der Waals surface area (Å²) in [5.74, 6) is 4.81. The van der Waals surface area contributed by atoms with Gasteiger partial charge in [-0.1, -0.05) is 12.1 Å². The second kappa shape index (κ2) is 4.73. The number of amides is 1. The molecule has 15 heavy (non-hydrogen) atoms. The highest BCUT2D eigenvalue weighted by molar-refractivity contribution is 7.72. The molecule has 1 aromatic carbocycles. The van der Waals surface area contributed by atoms with E-state index >= 15 is 0 Å². The maximum Gasteiger partial charge on any atom is 0.265 e. The first-order chi connectivity index (χ1) is 6.92. The topological polar surface area (TPSA) is 55.1 Å². The maximum atomic E-state index is 11.2. The Morgan fingerprint density at radius 2 is 1.80 bits per heavy atom. The van der Waals surface area contributed by atoms with Crippen LogP contribution in [0.1, 0.15) is 15.9 Å². The molecule has 0 aliphatic carbocycles. The van der Waals surface area contributed by atoms with Crippen LogP contribution in [0, 0.1) is 0 Å². The van der Waals surface area contributed by atoms with Gasteiger partial charge in [-0.2, -0.15) is 0 Å². The van der Waals surface area contributed by atoms with Gasteiger partial charge < -0.3 is 0 Å². The minimum atomic E-state index is -0.809. The SMILES string of the molecule is C[P+](C)(C)Cc1ccc(C(=O)NN)cc1. The van der Waals surface area contributed by atoms with Crippen molar-refractivity contribution in [2.45, 2.75) is 6.16 Å². The van der Waals surface area contributed by atoms with Gasteiger partial charge in [0.2, 0.25) is 0 Å². The molecule has 0 atom stereocenters. The Labute approximate surface area is 91.4 Å². The van der Waals surface area contributed by atoms with E-state index in [1.807, 2.05) is 24.3 Å². The van der Waals surface area contributed by atoms with Crippen LogP contribution in [0.15, 0.2) is 24.3 Å². The molecule has 1 rings (SSSR count). The van der Waals surface area contributed by atoms with Crippen LogP contribution in [-0.2, 0) is 6.16 Å². The van der Waals surface area contributed by atoms with Gasteiger partial charge in [-0.25, -0.2) is 5.84 Å². The molecular weight excluding hydrogens is 207 g/mol. The van der Waals surface area contributed by atoms with Crippen LogP contribution in [0.3, 0.4) is 0 Å². The quantitative estimate of drug-likeness (QED) is 0.356. The molecule has 0 aliphatic rings. The molecule has 0 unspecified atom stereocenters. The summed E-state index contributed by atoms with van der Waals surface area (Å²) in [6.07, 6.45) is 1.11. The number of nitrogens with two attached hydrogens (primary N) is 1. The second-order valence-corrected chi connectivity index (χ2v) is 9.52. The zero-order valence-corrected chi connectivity index (χ0v) is 10.3. The number of rotatable bonds is 3. The number of hydrogen-bond donors (Lipinski definition) is 2. The van der Waals surface area contributed by atoms with Gasteiger partial charge in [-0.05, 0) is 17.7 Å². The van der Waals surface area contributed by atoms with Crippen molar-refractivity contribution >= 4 is 13.2 Å². The molecule has 3 N–H and O–H groups in total. The number of nitrogen functional groups attached to an aromatic ring is 1. The van der Waals surface area contributed by atoms with E-state index in [0.29, 0.717) is 5.56 Å². The lowest BCUT2D eigenvalue weighted by atomic mass is 10.1. The third kappa shape index (κ3) is 3.98. The first-order valence-electron chi connectivity index (χ1n) is 4.83. The van der Waals surface area contributed by atoms with Crippen molar-refractivity contribution in [3.8, 4) is 0 Å². The van der Waals surface area contributed by atoms with Crippen molar-refractivity contribution in [1.82, 2.24) is 5.43 Å². The predicted molar refractivity (Wildman–Crippen MR) is 66.5 cm³/mol. The highest BCUT2D eigenvalue weighted by Crippen LogP contribution is 2.49. The van der Waals surface area contributed by atoms with Crippen molar-refractivity contribution in [3.05, 3.63) is 35.4 Å². The van der Waals surface area contributed by atoms with Crippen molar-refractivity contribution in [2.75, 3.05) is 20.0 Å². The fraction of sp³-hybridized carbons (Fsp3) is 0.364. The summed E-state index contributed by atoms with van der Waals surface area (Å²) < 4.78 is 0. The lowest BCUT2D eigenvalue weighted by Crippen LogP contribution is -2.29. The Bertz CT molecular complexity index is 341. The molecule has 0 aromatic heterocycles. The Kier molecular flexibility index (Phi) is 3.83. The lowest BCUT2D eigenvalue weighted by molar-refractivity contribution is 0.0953. The van der Waals surface area contributed by atoms with E-state index in [-0.39, 0.29) is 5.91 Å². The van der Waals surface area contributed by atoms with E-state index in [2.05, 4.69) is 25.4 Å². The fourth-order valence-corrected chi connectivity index (χ4v) is 2.70. The van der Waals surface area contributed by atoms with E-state index < -0.39 is 7.26 Å². The molecule has 0 spiro atoms. The molecule has 82 valence electrons. The second-order valence-electron chi connectivity index (χ2n) is 4.62. The zero-order valence-electron chi connectivity index (χ0n) is 9.45. The van der Waals surface area contributed by atoms with Gasteiger partial charge >= 0.3 is 0 Å². The van der Waals surface area contributed by atoms with Crippen molar-refractivity contribution in [1.29, 1.82) is 0 Å². The predicted octanol–water partition coefficient (Wildman–Crippen LogP) is 1.70. The average molecular weight is 225 g/mol. The minimum absolute atomic E-state index is 0.243. The molecule has 0 fully saturated rings. The average Bonchev–Trinajstić information content (AvgIpc) is 2.15. The van der Waals surface area contributed by atoms with Crippen LogP contribution in [0.2, 0.25) is 0 Å². The normalized spacial score (nSPS) is 11.2. The van der Waals surface area contributed by atoms with Gasteiger partial charge in [0.05, 0.1) is 6.16 Å². The summed E-state index contributed by atoms with van der Waals surface area (Å²) in [6, 6.07) is 7.62. The zero-order chi connectivity index (χ0) is 11.5. The Hall–Kier alpha value is -0.920. The number of benzene rings is 1. The van der Waals surface area contributed by atoms with E-state index in [9.17, 15) is 4.79 Å². The standard InChI is InChI=1S/C11H17N2OP/c1-15(2,3)8-9-4-6-10(7-5-9)11(14)13-12/h4-7H,8,12H2,1-3H3/p+1. The van der Waals surface area contributed by atoms with Crippen LogP contribution >= 0.6 is 7.26 Å². The summed E-state index contributed by atoms with van der Waals surface area (Å²) in [7, 11) is -0.809. The van der Waals surface area contributed by atoms with Crippen LogP contribution in [0.25, 0.3) is 0 Å². The number of carbonyl (C=O) groups is 1. The van der Waals surface area contributed by atoms with Crippen LogP contribution < -0.4 is 11.3 Å². The number of hydrogen-bond acceptors (Lipinski definition) is 2. The van der Waals surface area contributed by atoms with Crippen molar-refractivity contribution in [3.63, 3.8) is 0 Å². The maximum absolute atomic E-state index is 11.2. The molecule has 4 heteroatoms. The molecule has 0 aliphatic heterocycles. The monoisotopic (exact) mass is 225 g/mol. The van der Waals surface area contributed by atoms with Gasteiger partial charge in [0, 0.05) is 32.8 Å². The summed E-state index contributed by atoms with van der Waals surface area (Å²) in [4.78, 5) is 11.2. The largest absolute Gasteiger partial charge is 0.290 e. The van der Waals surface area contributed by atoms with E-state index in [1.165, 1.54) is 5.56 Å². The summed E-state index contributed by atoms with van der Waals surface area (Å²) in [5.41, 5.74) is 4.00. The van der Waals surface area contributed by atoms with Gasteiger partial charge in [0.1, 0.15) is 0 Å². The summed E-state index contributed by atoms with van der Waals surface area (Å²) in [5, 5.41) is 0. The fourth-order valence-electron chi connectivity index (χ4n) is 1.39. The van der Waals surface area contributed by atoms with Crippen LogP contribution in [0.4, 0.5) is 0 Å².